The molecule has 0 fully saturated rings. The van der Waals surface area contributed by atoms with Crippen LogP contribution in [0.1, 0.15) is 20.3 Å². The fourth-order valence-electron chi connectivity index (χ4n) is 0.454. The van der Waals surface area contributed by atoms with Crippen LogP contribution in [0.5, 0.6) is 0 Å². The van der Waals surface area contributed by atoms with Gasteiger partial charge in [0.25, 0.3) is 0 Å². The van der Waals surface area contributed by atoms with Crippen LogP contribution in [0.25, 0.3) is 0 Å². The van der Waals surface area contributed by atoms with Gasteiger partial charge in [-0.25, -0.2) is 0 Å². The quantitative estimate of drug-likeness (QED) is 0.526. The highest BCUT2D eigenvalue weighted by atomic mass is 16.1. The minimum atomic E-state index is 0.0688. The molecule has 0 saturated heterocycles. The Morgan fingerprint density at radius 2 is 2.11 bits per heavy atom. The summed E-state index contributed by atoms with van der Waals surface area (Å²) in [6.07, 6.45) is 7.64. The zero-order valence-electron chi connectivity index (χ0n) is 5.92. The van der Waals surface area contributed by atoms with E-state index in [-0.39, 0.29) is 5.78 Å². The van der Waals surface area contributed by atoms with Gasteiger partial charge >= 0.3 is 0 Å². The molecule has 0 atom stereocenters. The minimum absolute atomic E-state index is 0.0688. The number of allylic oxidation sites excluding steroid dienone is 4. The molecule has 9 heavy (non-hydrogen) atoms. The first kappa shape index (κ1) is 8.15. The number of ketones is 1. The maximum absolute atomic E-state index is 10.6. The Morgan fingerprint density at radius 3 is 2.56 bits per heavy atom. The van der Waals surface area contributed by atoms with Crippen molar-refractivity contribution >= 4 is 5.78 Å². The lowest BCUT2D eigenvalue weighted by Crippen LogP contribution is -1.82. The molecular weight excluding hydrogens is 112 g/mol. The second-order valence-corrected chi connectivity index (χ2v) is 1.71. The number of hydrogen-bond donors (Lipinski definition) is 0. The summed E-state index contributed by atoms with van der Waals surface area (Å²) in [5.74, 6) is 0.0688. The molecule has 0 aromatic carbocycles. The van der Waals surface area contributed by atoms with Gasteiger partial charge in [-0.1, -0.05) is 19.1 Å². The van der Waals surface area contributed by atoms with Gasteiger partial charge in [-0.05, 0) is 25.5 Å². The van der Waals surface area contributed by atoms with E-state index in [2.05, 4.69) is 0 Å². The van der Waals surface area contributed by atoms with Gasteiger partial charge in [-0.3, -0.25) is 4.79 Å². The highest BCUT2D eigenvalue weighted by Gasteiger charge is 1.82. The van der Waals surface area contributed by atoms with Gasteiger partial charge in [0.1, 0.15) is 0 Å². The molecule has 0 aliphatic heterocycles. The summed E-state index contributed by atoms with van der Waals surface area (Å²) in [4.78, 5) is 10.6. The molecule has 0 aromatic rings. The summed E-state index contributed by atoms with van der Waals surface area (Å²) in [5, 5.41) is 0. The summed E-state index contributed by atoms with van der Waals surface area (Å²) in [5.41, 5.74) is 0. The number of rotatable bonds is 3. The Hall–Kier alpha value is -0.850. The van der Waals surface area contributed by atoms with Gasteiger partial charge in [0, 0.05) is 0 Å². The SMILES string of the molecule is CC=CC(=O)C=CCC. The van der Waals surface area contributed by atoms with E-state index in [1.54, 1.807) is 18.2 Å². The van der Waals surface area contributed by atoms with Gasteiger partial charge in [0.2, 0.25) is 0 Å². The van der Waals surface area contributed by atoms with Crippen molar-refractivity contribution in [3.8, 4) is 0 Å². The molecule has 0 aliphatic rings. The van der Waals surface area contributed by atoms with Crippen LogP contribution in [-0.4, -0.2) is 5.78 Å². The zero-order valence-corrected chi connectivity index (χ0v) is 5.92. The van der Waals surface area contributed by atoms with E-state index in [0.29, 0.717) is 0 Å². The van der Waals surface area contributed by atoms with Gasteiger partial charge in [0.15, 0.2) is 5.78 Å². The first-order valence-electron chi connectivity index (χ1n) is 3.14. The van der Waals surface area contributed by atoms with Crippen molar-refractivity contribution in [1.29, 1.82) is 0 Å². The molecule has 0 heterocycles. The second-order valence-electron chi connectivity index (χ2n) is 1.71. The first-order valence-corrected chi connectivity index (χ1v) is 3.14. The fourth-order valence-corrected chi connectivity index (χ4v) is 0.454. The lowest BCUT2D eigenvalue weighted by molar-refractivity contribution is -0.110. The molecule has 50 valence electrons. The van der Waals surface area contributed by atoms with Crippen LogP contribution in [-0.2, 0) is 4.79 Å². The van der Waals surface area contributed by atoms with Gasteiger partial charge < -0.3 is 0 Å². The molecule has 1 nitrogen and oxygen atoms in total. The average Bonchev–Trinajstić information content (AvgIpc) is 1.85. The predicted molar refractivity (Wildman–Crippen MR) is 39.3 cm³/mol. The maximum atomic E-state index is 10.6. The number of hydrogen-bond acceptors (Lipinski definition) is 1. The van der Waals surface area contributed by atoms with E-state index in [9.17, 15) is 4.79 Å². The smallest absolute Gasteiger partial charge is 0.177 e. The number of carbonyl (C=O) groups excluding carboxylic acids is 1. The third kappa shape index (κ3) is 5.01. The third-order valence-corrected chi connectivity index (χ3v) is 0.849. The van der Waals surface area contributed by atoms with Crippen LogP contribution in [0.3, 0.4) is 0 Å². The Kier molecular flexibility index (Phi) is 4.79. The van der Waals surface area contributed by atoms with Crippen molar-refractivity contribution < 1.29 is 4.79 Å². The highest BCUT2D eigenvalue weighted by molar-refractivity contribution is 5.98. The summed E-state index contributed by atoms with van der Waals surface area (Å²) in [7, 11) is 0. The summed E-state index contributed by atoms with van der Waals surface area (Å²) in [6.45, 7) is 3.83. The molecule has 1 heteroatoms. The Labute approximate surface area is 56.1 Å². The van der Waals surface area contributed by atoms with Crippen molar-refractivity contribution in [2.75, 3.05) is 0 Å². The molecule has 0 amide bonds. The largest absolute Gasteiger partial charge is 0.290 e. The summed E-state index contributed by atoms with van der Waals surface area (Å²) in [6, 6.07) is 0. The molecule has 0 N–H and O–H groups in total. The van der Waals surface area contributed by atoms with E-state index >= 15 is 0 Å². The molecule has 0 radical (unpaired) electrons. The van der Waals surface area contributed by atoms with Crippen LogP contribution in [0.2, 0.25) is 0 Å². The van der Waals surface area contributed by atoms with Crippen LogP contribution in [0, 0.1) is 0 Å². The maximum Gasteiger partial charge on any atom is 0.177 e. The molecule has 0 rings (SSSR count). The van der Waals surface area contributed by atoms with Gasteiger partial charge in [0.05, 0.1) is 0 Å². The Morgan fingerprint density at radius 1 is 1.44 bits per heavy atom. The Bertz CT molecular complexity index is 132. The van der Waals surface area contributed by atoms with E-state index in [1.165, 1.54) is 0 Å². The fraction of sp³-hybridized carbons (Fsp3) is 0.375. The highest BCUT2D eigenvalue weighted by Crippen LogP contribution is 1.83. The molecule has 0 bridgehead atoms. The van der Waals surface area contributed by atoms with E-state index < -0.39 is 0 Å². The molecular formula is C8H12O. The molecule has 0 saturated carbocycles. The van der Waals surface area contributed by atoms with Gasteiger partial charge in [-0.2, -0.15) is 0 Å². The normalized spacial score (nSPS) is 11.3. The van der Waals surface area contributed by atoms with E-state index in [4.69, 9.17) is 0 Å². The van der Waals surface area contributed by atoms with Crippen LogP contribution in [0.15, 0.2) is 24.3 Å². The summed E-state index contributed by atoms with van der Waals surface area (Å²) < 4.78 is 0. The van der Waals surface area contributed by atoms with Crippen molar-refractivity contribution in [3.63, 3.8) is 0 Å². The van der Waals surface area contributed by atoms with Crippen LogP contribution < -0.4 is 0 Å². The zero-order chi connectivity index (χ0) is 7.11. The van der Waals surface area contributed by atoms with Crippen LogP contribution in [0.4, 0.5) is 0 Å². The number of carbonyl (C=O) groups is 1. The first-order chi connectivity index (χ1) is 4.31. The van der Waals surface area contributed by atoms with Crippen molar-refractivity contribution in [1.82, 2.24) is 0 Å². The topological polar surface area (TPSA) is 17.1 Å². The van der Waals surface area contributed by atoms with Gasteiger partial charge in [-0.15, -0.1) is 0 Å². The molecule has 0 aliphatic carbocycles. The van der Waals surface area contributed by atoms with Crippen LogP contribution >= 0.6 is 0 Å². The standard InChI is InChI=1S/C8H12O/c1-3-5-7-8(9)6-4-2/h4-7H,3H2,1-2H3. The van der Waals surface area contributed by atoms with E-state index in [1.807, 2.05) is 19.9 Å². The van der Waals surface area contributed by atoms with Crippen molar-refractivity contribution in [2.24, 2.45) is 0 Å². The lowest BCUT2D eigenvalue weighted by Gasteiger charge is -1.78. The minimum Gasteiger partial charge on any atom is -0.290 e. The predicted octanol–water partition coefficient (Wildman–Crippen LogP) is 2.10. The Balaban J connectivity index is 3.63. The van der Waals surface area contributed by atoms with E-state index in [0.717, 1.165) is 6.42 Å². The molecule has 0 aromatic heterocycles. The summed E-state index contributed by atoms with van der Waals surface area (Å²) >= 11 is 0. The third-order valence-electron chi connectivity index (χ3n) is 0.849. The monoisotopic (exact) mass is 124 g/mol. The second kappa shape index (κ2) is 5.29. The molecule has 0 unspecified atom stereocenters. The average molecular weight is 124 g/mol. The van der Waals surface area contributed by atoms with Crippen molar-refractivity contribution in [3.05, 3.63) is 24.3 Å². The molecule has 0 spiro atoms. The lowest BCUT2D eigenvalue weighted by atomic mass is 10.3. The van der Waals surface area contributed by atoms with Crippen molar-refractivity contribution in [2.45, 2.75) is 20.3 Å².